The van der Waals surface area contributed by atoms with E-state index in [-0.39, 0.29) is 17.6 Å². The number of aromatic nitrogens is 2. The highest BCUT2D eigenvalue weighted by Gasteiger charge is 2.20. The number of halogens is 1. The number of methoxy groups -OCH3 is 1. The smallest absolute Gasteiger partial charge is 0.246 e. The quantitative estimate of drug-likeness (QED) is 0.185. The maximum absolute atomic E-state index is 13.7. The van der Waals surface area contributed by atoms with E-state index in [2.05, 4.69) is 37.8 Å². The van der Waals surface area contributed by atoms with Gasteiger partial charge in [-0.25, -0.2) is 9.37 Å². The van der Waals surface area contributed by atoms with Crippen molar-refractivity contribution in [2.75, 3.05) is 58.5 Å². The van der Waals surface area contributed by atoms with E-state index in [9.17, 15) is 14.0 Å². The summed E-state index contributed by atoms with van der Waals surface area (Å²) in [6, 6.07) is 3.83. The Morgan fingerprint density at radius 1 is 1.23 bits per heavy atom. The number of nitrogens with zero attached hydrogens (tertiary/aromatic N) is 4. The van der Waals surface area contributed by atoms with E-state index in [1.165, 1.54) is 30.2 Å². The lowest BCUT2D eigenvalue weighted by Gasteiger charge is -2.23. The van der Waals surface area contributed by atoms with Crippen LogP contribution in [0.1, 0.15) is 38.7 Å². The first-order valence-corrected chi connectivity index (χ1v) is 13.2. The van der Waals surface area contributed by atoms with Gasteiger partial charge in [0.05, 0.1) is 18.9 Å². The van der Waals surface area contributed by atoms with E-state index >= 15 is 0 Å². The molecule has 0 radical (unpaired) electrons. The summed E-state index contributed by atoms with van der Waals surface area (Å²) in [6.07, 6.45) is 6.98. The van der Waals surface area contributed by atoms with E-state index in [4.69, 9.17) is 4.74 Å². The van der Waals surface area contributed by atoms with Crippen LogP contribution in [0.25, 0.3) is 0 Å². The number of likely N-dealkylation sites (N-methyl/N-ethyl adjacent to an activating group) is 2. The molecule has 0 bridgehead atoms. The largest absolute Gasteiger partial charge is 0.494 e. The van der Waals surface area contributed by atoms with Crippen molar-refractivity contribution in [2.24, 2.45) is 0 Å². The molecule has 0 aliphatic rings. The number of unbranched alkanes of at least 4 members (excludes halogenated alkanes) is 1. The molecule has 0 spiro atoms. The Balaban J connectivity index is 1.91. The zero-order valence-electron chi connectivity index (χ0n) is 24.2. The fourth-order valence-corrected chi connectivity index (χ4v) is 3.32. The Kier molecular flexibility index (Phi) is 13.4. The lowest BCUT2D eigenvalue weighted by Crippen LogP contribution is -2.45. The molecule has 1 aromatic heterocycles. The molecule has 0 saturated carbocycles. The van der Waals surface area contributed by atoms with E-state index in [1.807, 2.05) is 25.9 Å². The molecule has 2 amide bonds. The minimum Gasteiger partial charge on any atom is -0.494 e. The van der Waals surface area contributed by atoms with Gasteiger partial charge in [-0.1, -0.05) is 24.8 Å². The van der Waals surface area contributed by atoms with Crippen LogP contribution in [-0.4, -0.2) is 85.5 Å². The van der Waals surface area contributed by atoms with Crippen LogP contribution >= 0.6 is 0 Å². The van der Waals surface area contributed by atoms with Crippen LogP contribution in [0.4, 0.5) is 21.8 Å². The Bertz CT molecular complexity index is 1220. The number of rotatable bonds is 14. The van der Waals surface area contributed by atoms with Crippen molar-refractivity contribution < 1.29 is 18.7 Å². The van der Waals surface area contributed by atoms with Crippen molar-refractivity contribution in [3.05, 3.63) is 47.9 Å². The summed E-state index contributed by atoms with van der Waals surface area (Å²) in [5.74, 6) is 6.37. The van der Waals surface area contributed by atoms with E-state index < -0.39 is 11.9 Å². The van der Waals surface area contributed by atoms with Gasteiger partial charge in [0.25, 0.3) is 0 Å². The molecule has 0 aliphatic heterocycles. The first-order valence-electron chi connectivity index (χ1n) is 13.2. The van der Waals surface area contributed by atoms with Crippen LogP contribution in [-0.2, 0) is 9.59 Å². The van der Waals surface area contributed by atoms with Crippen LogP contribution in [0.5, 0.6) is 5.75 Å². The van der Waals surface area contributed by atoms with Gasteiger partial charge in [-0.2, -0.15) is 4.98 Å². The van der Waals surface area contributed by atoms with Gasteiger partial charge in [0.2, 0.25) is 17.8 Å². The number of carbonyl (C=O) groups is 2. The van der Waals surface area contributed by atoms with E-state index in [1.54, 1.807) is 32.3 Å². The Morgan fingerprint density at radius 3 is 2.70 bits per heavy atom. The molecule has 0 fully saturated rings. The predicted octanol–water partition coefficient (Wildman–Crippen LogP) is 3.40. The van der Waals surface area contributed by atoms with Crippen LogP contribution < -0.4 is 20.7 Å². The first kappa shape index (κ1) is 32.0. The number of amides is 2. The summed E-state index contributed by atoms with van der Waals surface area (Å²) in [6.45, 7) is 5.55. The molecule has 0 unspecified atom stereocenters. The monoisotopic (exact) mass is 553 g/mol. The number of hydrogen-bond donors (Lipinski definition) is 3. The van der Waals surface area contributed by atoms with Crippen LogP contribution in [0, 0.1) is 17.7 Å². The zero-order chi connectivity index (χ0) is 29.5. The van der Waals surface area contributed by atoms with E-state index in [0.717, 1.165) is 6.42 Å². The topological polar surface area (TPSA) is 112 Å². The third kappa shape index (κ3) is 10.5. The SMILES string of the molecule is CCCNc1nc(Nc2ccc(F)c(OC)c2)ncc1C#CCCCNC(=O)[C@H](C)N(C)C(=O)/C=C/CN(C)C. The van der Waals surface area contributed by atoms with Crippen molar-refractivity contribution in [1.29, 1.82) is 0 Å². The fourth-order valence-electron chi connectivity index (χ4n) is 3.32. The molecule has 1 aromatic carbocycles. The Hall–Kier alpha value is -4.17. The number of carbonyl (C=O) groups excluding carboxylic acids is 2. The van der Waals surface area contributed by atoms with Crippen molar-refractivity contribution >= 4 is 29.3 Å². The summed E-state index contributed by atoms with van der Waals surface area (Å²) in [5.41, 5.74) is 1.24. The Morgan fingerprint density at radius 2 is 2.00 bits per heavy atom. The van der Waals surface area contributed by atoms with Crippen molar-refractivity contribution in [1.82, 2.24) is 25.1 Å². The average molecular weight is 554 g/mol. The molecule has 3 N–H and O–H groups in total. The van der Waals surface area contributed by atoms with Crippen molar-refractivity contribution in [2.45, 2.75) is 39.2 Å². The van der Waals surface area contributed by atoms with E-state index in [0.29, 0.717) is 55.5 Å². The van der Waals surface area contributed by atoms with Gasteiger partial charge in [0.1, 0.15) is 11.9 Å². The summed E-state index contributed by atoms with van der Waals surface area (Å²) < 4.78 is 18.7. The number of hydrogen-bond acceptors (Lipinski definition) is 8. The molecule has 40 heavy (non-hydrogen) atoms. The third-order valence-corrected chi connectivity index (χ3v) is 5.78. The summed E-state index contributed by atoms with van der Waals surface area (Å²) in [5, 5.41) is 9.18. The van der Waals surface area contributed by atoms with Crippen LogP contribution in [0.2, 0.25) is 0 Å². The normalized spacial score (nSPS) is 11.5. The molecule has 2 aromatic rings. The maximum Gasteiger partial charge on any atom is 0.246 e. The highest BCUT2D eigenvalue weighted by Crippen LogP contribution is 2.24. The summed E-state index contributed by atoms with van der Waals surface area (Å²) in [4.78, 5) is 36.9. The minimum absolute atomic E-state index is 0.121. The molecule has 10 nitrogen and oxygen atoms in total. The average Bonchev–Trinajstić information content (AvgIpc) is 2.94. The van der Waals surface area contributed by atoms with Gasteiger partial charge >= 0.3 is 0 Å². The second-order valence-electron chi connectivity index (χ2n) is 9.34. The second-order valence-corrected chi connectivity index (χ2v) is 9.34. The van der Waals surface area contributed by atoms with Crippen LogP contribution in [0.3, 0.4) is 0 Å². The molecular weight excluding hydrogens is 513 g/mol. The lowest BCUT2D eigenvalue weighted by molar-refractivity contribution is -0.135. The highest BCUT2D eigenvalue weighted by molar-refractivity contribution is 5.92. The highest BCUT2D eigenvalue weighted by atomic mass is 19.1. The molecule has 1 heterocycles. The third-order valence-electron chi connectivity index (χ3n) is 5.78. The van der Waals surface area contributed by atoms with Crippen LogP contribution in [0.15, 0.2) is 36.5 Å². The molecule has 11 heteroatoms. The number of anilines is 3. The minimum atomic E-state index is -0.588. The lowest BCUT2D eigenvalue weighted by atomic mass is 10.2. The second kappa shape index (κ2) is 16.7. The zero-order valence-corrected chi connectivity index (χ0v) is 24.2. The molecule has 216 valence electrons. The first-order chi connectivity index (χ1) is 19.2. The molecular formula is C29H40FN7O3. The van der Waals surface area contributed by atoms with Gasteiger partial charge < -0.3 is 30.5 Å². The van der Waals surface area contributed by atoms with Gasteiger partial charge in [-0.15, -0.1) is 0 Å². The fraction of sp³-hybridized carbons (Fsp3) is 0.448. The summed E-state index contributed by atoms with van der Waals surface area (Å²) in [7, 11) is 6.85. The Labute approximate surface area is 236 Å². The number of benzene rings is 1. The van der Waals surface area contributed by atoms with Gasteiger partial charge in [-0.05, 0) is 46.0 Å². The number of ether oxygens (including phenoxy) is 1. The maximum atomic E-state index is 13.7. The standard InChI is InChI=1S/C29H40FN7O3/c1-7-16-31-27-22(20-33-29(35-27)34-23-14-15-24(30)25(19-23)40-6)12-9-8-10-17-32-28(39)21(2)37(5)26(38)13-11-18-36(3)4/h11,13-15,19-21H,7-8,10,16-18H2,1-6H3,(H,32,39)(H2,31,33,34,35)/b13-11+/t21-/m0/s1. The van der Waals surface area contributed by atoms with Gasteiger partial charge in [-0.3, -0.25) is 9.59 Å². The molecule has 1 atom stereocenters. The molecule has 0 aliphatic carbocycles. The van der Waals surface area contributed by atoms with Crippen molar-refractivity contribution in [3.8, 4) is 17.6 Å². The molecule has 2 rings (SSSR count). The van der Waals surface area contributed by atoms with Crippen molar-refractivity contribution in [3.63, 3.8) is 0 Å². The predicted molar refractivity (Wildman–Crippen MR) is 156 cm³/mol. The molecule has 0 saturated heterocycles. The van der Waals surface area contributed by atoms with Gasteiger partial charge in [0, 0.05) is 50.9 Å². The summed E-state index contributed by atoms with van der Waals surface area (Å²) >= 11 is 0. The van der Waals surface area contributed by atoms with Gasteiger partial charge in [0.15, 0.2) is 11.6 Å². The number of nitrogens with one attached hydrogen (secondary N) is 3.